The molecule has 3 N–H and O–H groups in total. The number of thiazole rings is 1. The van der Waals surface area contributed by atoms with E-state index in [2.05, 4.69) is 20.9 Å². The van der Waals surface area contributed by atoms with Gasteiger partial charge in [0.2, 0.25) is 0 Å². The van der Waals surface area contributed by atoms with Crippen LogP contribution in [0, 0.1) is 6.92 Å². The molecule has 0 atom stereocenters. The molecule has 3 aromatic rings. The van der Waals surface area contributed by atoms with Crippen LogP contribution in [0.15, 0.2) is 60.0 Å². The lowest BCUT2D eigenvalue weighted by molar-refractivity contribution is 0.0950. The average molecular weight is 380 g/mol. The summed E-state index contributed by atoms with van der Waals surface area (Å²) < 4.78 is 0. The lowest BCUT2D eigenvalue weighted by atomic mass is 10.1. The maximum atomic E-state index is 12.2. The van der Waals surface area contributed by atoms with Crippen LogP contribution in [0.4, 0.5) is 15.6 Å². The number of carbonyl (C=O) groups excluding carboxylic acids is 2. The molecule has 27 heavy (non-hydrogen) atoms. The molecule has 0 saturated heterocycles. The topological polar surface area (TPSA) is 83.1 Å². The Morgan fingerprint density at radius 3 is 2.48 bits per heavy atom. The first-order valence-corrected chi connectivity index (χ1v) is 9.40. The zero-order valence-electron chi connectivity index (χ0n) is 14.9. The summed E-state index contributed by atoms with van der Waals surface area (Å²) in [4.78, 5) is 28.3. The summed E-state index contributed by atoms with van der Waals surface area (Å²) in [6, 6.07) is 17.0. The number of benzene rings is 2. The fraction of sp³-hybridized carbons (Fsp3) is 0.150. The average Bonchev–Trinajstić information content (AvgIpc) is 3.13. The van der Waals surface area contributed by atoms with Gasteiger partial charge in [-0.3, -0.25) is 10.1 Å². The summed E-state index contributed by atoms with van der Waals surface area (Å²) in [7, 11) is 0. The number of amides is 3. The Balaban J connectivity index is 1.47. The number of hydrogen-bond donors (Lipinski definition) is 3. The highest BCUT2D eigenvalue weighted by molar-refractivity contribution is 7.14. The van der Waals surface area contributed by atoms with Gasteiger partial charge < -0.3 is 10.6 Å². The van der Waals surface area contributed by atoms with Crippen molar-refractivity contribution in [2.75, 3.05) is 17.2 Å². The molecule has 0 fully saturated rings. The summed E-state index contributed by atoms with van der Waals surface area (Å²) in [6.45, 7) is 2.50. The smallest absolute Gasteiger partial charge is 0.325 e. The van der Waals surface area contributed by atoms with Gasteiger partial charge in [0.1, 0.15) is 5.69 Å². The molecule has 0 aliphatic heterocycles. The third kappa shape index (κ3) is 5.65. The van der Waals surface area contributed by atoms with E-state index in [-0.39, 0.29) is 5.91 Å². The van der Waals surface area contributed by atoms with Gasteiger partial charge in [0.05, 0.1) is 0 Å². The minimum atomic E-state index is -0.399. The zero-order valence-corrected chi connectivity index (χ0v) is 15.7. The van der Waals surface area contributed by atoms with Gasteiger partial charge in [-0.25, -0.2) is 9.78 Å². The molecule has 1 aromatic heterocycles. The van der Waals surface area contributed by atoms with Crippen LogP contribution in [0.3, 0.4) is 0 Å². The Bertz CT molecular complexity index is 907. The predicted molar refractivity (Wildman–Crippen MR) is 108 cm³/mol. The minimum Gasteiger partial charge on any atom is -0.350 e. The van der Waals surface area contributed by atoms with Gasteiger partial charge in [-0.1, -0.05) is 48.0 Å². The van der Waals surface area contributed by atoms with Crippen LogP contribution in [0.2, 0.25) is 0 Å². The number of nitrogens with zero attached hydrogens (tertiary/aromatic N) is 1. The summed E-state index contributed by atoms with van der Waals surface area (Å²) in [5.74, 6) is -0.255. The Morgan fingerprint density at radius 1 is 1.00 bits per heavy atom. The van der Waals surface area contributed by atoms with Crippen molar-refractivity contribution in [1.82, 2.24) is 10.3 Å². The number of carbonyl (C=O) groups is 2. The van der Waals surface area contributed by atoms with Crippen molar-refractivity contribution >= 4 is 34.1 Å². The van der Waals surface area contributed by atoms with Crippen LogP contribution in [0.5, 0.6) is 0 Å². The molecule has 138 valence electrons. The molecule has 0 aliphatic rings. The van der Waals surface area contributed by atoms with Crippen LogP contribution in [-0.2, 0) is 6.42 Å². The van der Waals surface area contributed by atoms with E-state index in [1.54, 1.807) is 5.38 Å². The van der Waals surface area contributed by atoms with E-state index in [0.717, 1.165) is 17.5 Å². The normalized spacial score (nSPS) is 10.3. The molecule has 3 amide bonds. The lowest BCUT2D eigenvalue weighted by Gasteiger charge is -2.05. The minimum absolute atomic E-state index is 0.255. The number of aromatic nitrogens is 1. The maximum Gasteiger partial charge on any atom is 0.325 e. The van der Waals surface area contributed by atoms with Crippen LogP contribution in [0.1, 0.15) is 21.6 Å². The molecule has 0 unspecified atom stereocenters. The van der Waals surface area contributed by atoms with Gasteiger partial charge in [0.25, 0.3) is 5.91 Å². The molecular weight excluding hydrogens is 360 g/mol. The molecule has 3 rings (SSSR count). The number of anilines is 2. The van der Waals surface area contributed by atoms with E-state index in [1.165, 1.54) is 11.3 Å². The molecule has 0 aliphatic carbocycles. The summed E-state index contributed by atoms with van der Waals surface area (Å²) in [5, 5.41) is 10.2. The number of rotatable bonds is 6. The Kier molecular flexibility index (Phi) is 6.17. The summed E-state index contributed by atoms with van der Waals surface area (Å²) >= 11 is 1.21. The molecule has 7 heteroatoms. The highest BCUT2D eigenvalue weighted by Crippen LogP contribution is 2.16. The molecule has 0 saturated carbocycles. The summed E-state index contributed by atoms with van der Waals surface area (Å²) in [5.41, 5.74) is 3.25. The zero-order chi connectivity index (χ0) is 19.1. The van der Waals surface area contributed by atoms with E-state index in [4.69, 9.17) is 0 Å². The van der Waals surface area contributed by atoms with E-state index in [0.29, 0.717) is 23.1 Å². The van der Waals surface area contributed by atoms with E-state index in [9.17, 15) is 9.59 Å². The largest absolute Gasteiger partial charge is 0.350 e. The van der Waals surface area contributed by atoms with Crippen molar-refractivity contribution < 1.29 is 9.59 Å². The fourth-order valence-corrected chi connectivity index (χ4v) is 3.07. The van der Waals surface area contributed by atoms with Gasteiger partial charge in [0, 0.05) is 17.6 Å². The van der Waals surface area contributed by atoms with Gasteiger partial charge in [0.15, 0.2) is 5.13 Å². The van der Waals surface area contributed by atoms with E-state index in [1.807, 2.05) is 61.5 Å². The third-order valence-corrected chi connectivity index (χ3v) is 4.57. The van der Waals surface area contributed by atoms with Crippen molar-refractivity contribution in [2.24, 2.45) is 0 Å². The van der Waals surface area contributed by atoms with Crippen molar-refractivity contribution in [1.29, 1.82) is 0 Å². The molecule has 6 nitrogen and oxygen atoms in total. The monoisotopic (exact) mass is 380 g/mol. The van der Waals surface area contributed by atoms with Crippen molar-refractivity contribution in [3.05, 3.63) is 76.8 Å². The molecule has 2 aromatic carbocycles. The van der Waals surface area contributed by atoms with Crippen LogP contribution < -0.4 is 16.0 Å². The second-order valence-electron chi connectivity index (χ2n) is 5.97. The second-order valence-corrected chi connectivity index (χ2v) is 6.83. The number of aryl methyl sites for hydroxylation is 1. The van der Waals surface area contributed by atoms with Gasteiger partial charge >= 0.3 is 6.03 Å². The molecular formula is C20H20N4O2S. The van der Waals surface area contributed by atoms with Gasteiger partial charge in [-0.15, -0.1) is 11.3 Å². The van der Waals surface area contributed by atoms with Gasteiger partial charge in [-0.2, -0.15) is 0 Å². The van der Waals surface area contributed by atoms with Gasteiger partial charge in [-0.05, 0) is 31.0 Å². The number of hydrogen-bond acceptors (Lipinski definition) is 4. The van der Waals surface area contributed by atoms with Crippen LogP contribution in [0.25, 0.3) is 0 Å². The highest BCUT2D eigenvalue weighted by Gasteiger charge is 2.12. The predicted octanol–water partition coefficient (Wildman–Crippen LogP) is 4.07. The van der Waals surface area contributed by atoms with Crippen LogP contribution in [-0.4, -0.2) is 23.5 Å². The molecule has 0 radical (unpaired) electrons. The lowest BCUT2D eigenvalue weighted by Crippen LogP contribution is -2.26. The first kappa shape index (κ1) is 18.6. The van der Waals surface area contributed by atoms with Crippen molar-refractivity contribution in [3.63, 3.8) is 0 Å². The SMILES string of the molecule is Cc1ccc(NC(=O)Nc2nc(C(=O)NCCc3ccccc3)cs2)cc1. The molecule has 0 spiro atoms. The Labute approximate surface area is 161 Å². The summed E-state index contributed by atoms with van der Waals surface area (Å²) in [6.07, 6.45) is 0.751. The molecule has 1 heterocycles. The van der Waals surface area contributed by atoms with Crippen molar-refractivity contribution in [3.8, 4) is 0 Å². The highest BCUT2D eigenvalue weighted by atomic mass is 32.1. The first-order valence-electron chi connectivity index (χ1n) is 8.52. The second kappa shape index (κ2) is 8.95. The Morgan fingerprint density at radius 2 is 1.74 bits per heavy atom. The third-order valence-electron chi connectivity index (χ3n) is 3.81. The fourth-order valence-electron chi connectivity index (χ4n) is 2.39. The van der Waals surface area contributed by atoms with Crippen LogP contribution >= 0.6 is 11.3 Å². The number of urea groups is 1. The van der Waals surface area contributed by atoms with E-state index >= 15 is 0 Å². The van der Waals surface area contributed by atoms with E-state index < -0.39 is 6.03 Å². The Hall–Kier alpha value is -3.19. The molecule has 0 bridgehead atoms. The first-order chi connectivity index (χ1) is 13.1. The standard InChI is InChI=1S/C20H20N4O2S/c1-14-7-9-16(10-8-14)22-19(26)24-20-23-17(13-27-20)18(25)21-12-11-15-5-3-2-4-6-15/h2-10,13H,11-12H2,1H3,(H,21,25)(H2,22,23,24,26). The number of nitrogens with one attached hydrogen (secondary N) is 3. The quantitative estimate of drug-likeness (QED) is 0.603. The van der Waals surface area contributed by atoms with Crippen molar-refractivity contribution in [2.45, 2.75) is 13.3 Å². The maximum absolute atomic E-state index is 12.2.